The summed E-state index contributed by atoms with van der Waals surface area (Å²) in [6.07, 6.45) is 4.48. The van der Waals surface area contributed by atoms with Crippen molar-refractivity contribution in [2.75, 3.05) is 13.6 Å². The lowest BCUT2D eigenvalue weighted by atomic mass is 10.0. The van der Waals surface area contributed by atoms with Crippen LogP contribution in [0.25, 0.3) is 5.57 Å². The van der Waals surface area contributed by atoms with Gasteiger partial charge in [0.25, 0.3) is 0 Å². The van der Waals surface area contributed by atoms with Crippen molar-refractivity contribution in [2.45, 2.75) is 19.8 Å². The van der Waals surface area contributed by atoms with E-state index in [1.807, 2.05) is 6.21 Å². The molecule has 2 heterocycles. The van der Waals surface area contributed by atoms with Gasteiger partial charge in [0.1, 0.15) is 0 Å². The zero-order valence-electron chi connectivity index (χ0n) is 9.83. The van der Waals surface area contributed by atoms with Gasteiger partial charge in [-0.25, -0.2) is 0 Å². The first-order valence-electron chi connectivity index (χ1n) is 5.85. The quantitative estimate of drug-likeness (QED) is 0.645. The molecule has 0 bridgehead atoms. The summed E-state index contributed by atoms with van der Waals surface area (Å²) in [4.78, 5) is 6.85. The molecule has 82 valence electrons. The van der Waals surface area contributed by atoms with Crippen molar-refractivity contribution in [3.8, 4) is 0 Å². The van der Waals surface area contributed by atoms with Crippen LogP contribution in [0.1, 0.15) is 24.0 Å². The normalized spacial score (nSPS) is 23.0. The van der Waals surface area contributed by atoms with Gasteiger partial charge >= 0.3 is 0 Å². The number of aliphatic imine (C=N–C) groups is 1. The van der Waals surface area contributed by atoms with Crippen molar-refractivity contribution < 1.29 is 0 Å². The zero-order valence-corrected chi connectivity index (χ0v) is 9.83. The molecule has 0 aromatic heterocycles. The third-order valence-electron chi connectivity index (χ3n) is 3.45. The summed E-state index contributed by atoms with van der Waals surface area (Å²) < 4.78 is 0. The Morgan fingerprint density at radius 2 is 2.19 bits per heavy atom. The fourth-order valence-electron chi connectivity index (χ4n) is 2.56. The number of rotatable bonds is 0. The highest BCUT2D eigenvalue weighted by molar-refractivity contribution is 6.17. The van der Waals surface area contributed by atoms with Gasteiger partial charge in [0.05, 0.1) is 5.69 Å². The Hall–Kier alpha value is -1.57. The Kier molecular flexibility index (Phi) is 2.10. The van der Waals surface area contributed by atoms with Gasteiger partial charge in [0.15, 0.2) is 0 Å². The minimum absolute atomic E-state index is 1.12. The van der Waals surface area contributed by atoms with Gasteiger partial charge in [-0.2, -0.15) is 0 Å². The maximum Gasteiger partial charge on any atom is 0.0709 e. The standard InChI is InChI=1S/C14H16N2/c1-10-5-6-13-11(8-10)12(9-15-13)14-4-3-7-16(14)2/h5-6,8-9H,3-4,7H2,1-2H3/b14-12+. The molecular formula is C14H16N2. The lowest BCUT2D eigenvalue weighted by Crippen LogP contribution is -2.11. The highest BCUT2D eigenvalue weighted by Crippen LogP contribution is 2.37. The van der Waals surface area contributed by atoms with E-state index in [0.29, 0.717) is 0 Å². The summed E-state index contributed by atoms with van der Waals surface area (Å²) in [7, 11) is 2.18. The maximum atomic E-state index is 4.49. The predicted molar refractivity (Wildman–Crippen MR) is 68.1 cm³/mol. The van der Waals surface area contributed by atoms with Crippen molar-refractivity contribution >= 4 is 17.5 Å². The molecule has 1 aromatic rings. The molecule has 2 heteroatoms. The lowest BCUT2D eigenvalue weighted by molar-refractivity contribution is 0.484. The largest absolute Gasteiger partial charge is 0.377 e. The van der Waals surface area contributed by atoms with Gasteiger partial charge in [-0.05, 0) is 31.9 Å². The monoisotopic (exact) mass is 212 g/mol. The molecular weight excluding hydrogens is 196 g/mol. The smallest absolute Gasteiger partial charge is 0.0709 e. The van der Waals surface area contributed by atoms with Crippen molar-refractivity contribution in [2.24, 2.45) is 4.99 Å². The SMILES string of the molecule is Cc1ccc2c(c1)/C(=C1\CCCN1C)C=N2. The topological polar surface area (TPSA) is 15.6 Å². The molecule has 2 aliphatic rings. The van der Waals surface area contributed by atoms with Crippen LogP contribution >= 0.6 is 0 Å². The van der Waals surface area contributed by atoms with E-state index < -0.39 is 0 Å². The van der Waals surface area contributed by atoms with Gasteiger partial charge in [-0.15, -0.1) is 0 Å². The average Bonchev–Trinajstić information content (AvgIpc) is 2.83. The van der Waals surface area contributed by atoms with Gasteiger partial charge in [0, 0.05) is 36.6 Å². The summed E-state index contributed by atoms with van der Waals surface area (Å²) in [6.45, 7) is 3.31. The Labute approximate surface area is 96.3 Å². The van der Waals surface area contributed by atoms with E-state index in [2.05, 4.69) is 42.1 Å². The van der Waals surface area contributed by atoms with E-state index in [-0.39, 0.29) is 0 Å². The molecule has 1 aromatic carbocycles. The number of nitrogens with zero attached hydrogens (tertiary/aromatic N) is 2. The van der Waals surface area contributed by atoms with E-state index in [4.69, 9.17) is 0 Å². The third-order valence-corrected chi connectivity index (χ3v) is 3.45. The Bertz CT molecular complexity index is 497. The fourth-order valence-corrected chi connectivity index (χ4v) is 2.56. The first kappa shape index (κ1) is 9.64. The van der Waals surface area contributed by atoms with Gasteiger partial charge in [-0.1, -0.05) is 11.6 Å². The molecule has 16 heavy (non-hydrogen) atoms. The van der Waals surface area contributed by atoms with E-state index >= 15 is 0 Å². The van der Waals surface area contributed by atoms with Crippen molar-refractivity contribution in [1.82, 2.24) is 4.90 Å². The second kappa shape index (κ2) is 3.48. The Morgan fingerprint density at radius 3 is 2.94 bits per heavy atom. The third kappa shape index (κ3) is 1.37. The molecule has 0 aliphatic carbocycles. The number of hydrogen-bond acceptors (Lipinski definition) is 2. The minimum atomic E-state index is 1.12. The summed E-state index contributed by atoms with van der Waals surface area (Å²) in [5.74, 6) is 0. The molecule has 0 unspecified atom stereocenters. The van der Waals surface area contributed by atoms with E-state index in [9.17, 15) is 0 Å². The van der Waals surface area contributed by atoms with Crippen LogP contribution in [0.4, 0.5) is 5.69 Å². The number of allylic oxidation sites excluding steroid dienone is 2. The number of benzene rings is 1. The fraction of sp³-hybridized carbons (Fsp3) is 0.357. The van der Waals surface area contributed by atoms with E-state index in [0.717, 1.165) is 5.69 Å². The van der Waals surface area contributed by atoms with Gasteiger partial charge in [-0.3, -0.25) is 4.99 Å². The van der Waals surface area contributed by atoms with Gasteiger partial charge < -0.3 is 4.90 Å². The van der Waals surface area contributed by atoms with Crippen LogP contribution in [-0.4, -0.2) is 24.7 Å². The molecule has 0 amide bonds. The summed E-state index contributed by atoms with van der Waals surface area (Å²) in [5.41, 5.74) is 6.52. The second-order valence-electron chi connectivity index (χ2n) is 4.66. The average molecular weight is 212 g/mol. The summed E-state index contributed by atoms with van der Waals surface area (Å²) in [6, 6.07) is 6.49. The van der Waals surface area contributed by atoms with Crippen molar-refractivity contribution in [3.05, 3.63) is 35.0 Å². The summed E-state index contributed by atoms with van der Waals surface area (Å²) in [5, 5.41) is 0. The van der Waals surface area contributed by atoms with E-state index in [1.54, 1.807) is 0 Å². The van der Waals surface area contributed by atoms with Crippen LogP contribution in [0.15, 0.2) is 28.9 Å². The minimum Gasteiger partial charge on any atom is -0.377 e. The first-order valence-corrected chi connectivity index (χ1v) is 5.85. The van der Waals surface area contributed by atoms with Crippen LogP contribution in [0.3, 0.4) is 0 Å². The first-order chi connectivity index (χ1) is 7.75. The molecule has 0 atom stereocenters. The lowest BCUT2D eigenvalue weighted by Gasteiger charge is -2.15. The number of fused-ring (bicyclic) bond motifs is 1. The molecule has 1 fully saturated rings. The summed E-state index contributed by atoms with van der Waals surface area (Å²) >= 11 is 0. The second-order valence-corrected chi connectivity index (χ2v) is 4.66. The molecule has 0 radical (unpaired) electrons. The highest BCUT2D eigenvalue weighted by atomic mass is 15.1. The van der Waals surface area contributed by atoms with Crippen molar-refractivity contribution in [3.63, 3.8) is 0 Å². The molecule has 1 saturated heterocycles. The number of likely N-dealkylation sites (tertiary alicyclic amines) is 1. The molecule has 0 N–H and O–H groups in total. The highest BCUT2D eigenvalue weighted by Gasteiger charge is 2.21. The molecule has 2 nitrogen and oxygen atoms in total. The van der Waals surface area contributed by atoms with Crippen LogP contribution in [0, 0.1) is 6.92 Å². The Balaban J connectivity index is 2.15. The molecule has 2 aliphatic heterocycles. The van der Waals surface area contributed by atoms with Crippen LogP contribution < -0.4 is 0 Å². The van der Waals surface area contributed by atoms with Crippen LogP contribution in [0.2, 0.25) is 0 Å². The van der Waals surface area contributed by atoms with Gasteiger partial charge in [0.2, 0.25) is 0 Å². The number of aryl methyl sites for hydroxylation is 1. The number of hydrogen-bond donors (Lipinski definition) is 0. The van der Waals surface area contributed by atoms with Crippen molar-refractivity contribution in [1.29, 1.82) is 0 Å². The van der Waals surface area contributed by atoms with E-state index in [1.165, 1.54) is 41.8 Å². The van der Waals surface area contributed by atoms with Crippen LogP contribution in [-0.2, 0) is 0 Å². The molecule has 0 saturated carbocycles. The molecule has 0 spiro atoms. The molecule has 3 rings (SSSR count). The predicted octanol–water partition coefficient (Wildman–Crippen LogP) is 3.15. The zero-order chi connectivity index (χ0) is 11.1. The van der Waals surface area contributed by atoms with Crippen LogP contribution in [0.5, 0.6) is 0 Å². The Morgan fingerprint density at radius 1 is 1.31 bits per heavy atom. The maximum absolute atomic E-state index is 4.49.